The average molecular weight is 405 g/mol. The Morgan fingerprint density at radius 1 is 0.556 bits per heavy atom. The molecule has 6 nitrogen and oxygen atoms in total. The van der Waals surface area contributed by atoms with Gasteiger partial charge in [0, 0.05) is 53.0 Å². The molecule has 2 aliphatic heterocycles. The number of rotatable bonds is 0. The Labute approximate surface area is 167 Å². The van der Waals surface area contributed by atoms with Crippen molar-refractivity contribution in [1.29, 1.82) is 10.8 Å². The van der Waals surface area contributed by atoms with E-state index in [1.165, 1.54) is 0 Å². The van der Waals surface area contributed by atoms with Gasteiger partial charge in [0.15, 0.2) is 0 Å². The molecule has 5 rings (SSSR count). The molecule has 0 unspecified atom stereocenters. The van der Waals surface area contributed by atoms with Crippen molar-refractivity contribution in [2.24, 2.45) is 0 Å². The summed E-state index contributed by atoms with van der Waals surface area (Å²) >= 11 is 0. The van der Waals surface area contributed by atoms with Crippen molar-refractivity contribution >= 4 is 35.7 Å². The van der Waals surface area contributed by atoms with E-state index >= 15 is 0 Å². The van der Waals surface area contributed by atoms with Gasteiger partial charge in [-0.15, -0.1) is 11.4 Å². The minimum atomic E-state index is 0. The van der Waals surface area contributed by atoms with Crippen LogP contribution < -0.4 is 10.7 Å². The van der Waals surface area contributed by atoms with E-state index in [1.807, 2.05) is 48.6 Å². The summed E-state index contributed by atoms with van der Waals surface area (Å²) in [6, 6.07) is 11.9. The summed E-state index contributed by atoms with van der Waals surface area (Å²) in [5.74, 6) is 0. The zero-order valence-corrected chi connectivity index (χ0v) is 17.4. The van der Waals surface area contributed by atoms with E-state index < -0.39 is 0 Å². The summed E-state index contributed by atoms with van der Waals surface area (Å²) in [4.78, 5) is 9.96. The van der Waals surface area contributed by atoms with Crippen molar-refractivity contribution in [3.05, 3.63) is 86.6 Å². The van der Waals surface area contributed by atoms with Crippen LogP contribution in [-0.4, -0.2) is 26.4 Å². The van der Waals surface area contributed by atoms with Crippen LogP contribution in [0.1, 0.15) is 22.8 Å². The first kappa shape index (κ1) is 17.2. The maximum absolute atomic E-state index is 8.17. The predicted molar refractivity (Wildman–Crippen MR) is 104 cm³/mol. The smallest absolute Gasteiger partial charge is 0.0631 e. The Morgan fingerprint density at radius 3 is 1.41 bits per heavy atom. The van der Waals surface area contributed by atoms with E-state index in [1.54, 1.807) is 12.2 Å². The van der Waals surface area contributed by atoms with Gasteiger partial charge in [-0.05, 0) is 48.6 Å². The molecule has 2 aliphatic rings. The topological polar surface area (TPSA) is 109 Å². The fourth-order valence-corrected chi connectivity index (χ4v) is 3.13. The number of aromatic nitrogens is 3. The summed E-state index contributed by atoms with van der Waals surface area (Å²) in [5.41, 5.74) is 4.84. The van der Waals surface area contributed by atoms with Crippen molar-refractivity contribution < 1.29 is 19.5 Å². The van der Waals surface area contributed by atoms with Crippen LogP contribution in [-0.2, 0) is 19.5 Å². The third-order valence-electron chi connectivity index (χ3n) is 4.40. The number of nitrogens with zero attached hydrogens (tertiary/aromatic N) is 1. The molecule has 5 N–H and O–H groups in total. The summed E-state index contributed by atoms with van der Waals surface area (Å²) in [7, 11) is 0. The van der Waals surface area contributed by atoms with Gasteiger partial charge < -0.3 is 31.1 Å². The number of hydrogen-bond donors (Lipinski definition) is 5. The summed E-state index contributed by atoms with van der Waals surface area (Å²) in [6.45, 7) is 0. The van der Waals surface area contributed by atoms with Crippen molar-refractivity contribution in [2.45, 2.75) is 0 Å². The molecule has 1 saturated heterocycles. The summed E-state index contributed by atoms with van der Waals surface area (Å²) < 4.78 is 0. The maximum atomic E-state index is 8.17. The van der Waals surface area contributed by atoms with Gasteiger partial charge in [0.05, 0.1) is 11.4 Å². The Balaban J connectivity index is 0.00000180. The van der Waals surface area contributed by atoms with E-state index in [4.69, 9.17) is 10.8 Å². The second kappa shape index (κ2) is 6.52. The first-order valence-corrected chi connectivity index (χ1v) is 8.24. The number of aromatic amines is 3. The summed E-state index contributed by atoms with van der Waals surface area (Å²) in [6.07, 6.45) is 7.65. The Hall–Kier alpha value is -3.18. The first-order chi connectivity index (χ1) is 12.6. The normalized spacial score (nSPS) is 15.1. The van der Waals surface area contributed by atoms with Crippen molar-refractivity contribution in [3.8, 4) is 0 Å². The molecule has 0 radical (unpaired) electrons. The van der Waals surface area contributed by atoms with Gasteiger partial charge in [-0.25, -0.2) is 0 Å². The van der Waals surface area contributed by atoms with Crippen LogP contribution in [0.2, 0.25) is 0 Å². The predicted octanol–water partition coefficient (Wildman–Crippen LogP) is 2.45. The third-order valence-corrected chi connectivity index (χ3v) is 4.40. The largest absolute Gasteiger partial charge is 0.654 e. The molecular formula is C20H15N6Zn-. The number of fused-ring (bicyclic) bond motifs is 8. The van der Waals surface area contributed by atoms with Gasteiger partial charge in [-0.3, -0.25) is 0 Å². The van der Waals surface area contributed by atoms with Gasteiger partial charge in [0.25, 0.3) is 0 Å². The van der Waals surface area contributed by atoms with Crippen LogP contribution in [0.5, 0.6) is 0 Å². The Kier molecular flexibility index (Phi) is 4.17. The van der Waals surface area contributed by atoms with Crippen LogP contribution in [0.4, 0.5) is 0 Å². The molecule has 0 atom stereocenters. The van der Waals surface area contributed by atoms with Gasteiger partial charge in [0.1, 0.15) is 0 Å². The van der Waals surface area contributed by atoms with Crippen molar-refractivity contribution in [2.75, 3.05) is 0 Å². The molecule has 3 aromatic rings. The molecule has 0 amide bonds. The number of H-pyrrole nitrogens is 3. The van der Waals surface area contributed by atoms with Gasteiger partial charge in [-0.1, -0.05) is 12.2 Å². The molecule has 0 saturated carbocycles. The second-order valence-electron chi connectivity index (χ2n) is 6.32. The molecule has 128 valence electrons. The molecule has 3 aromatic heterocycles. The van der Waals surface area contributed by atoms with Crippen LogP contribution in [0.25, 0.3) is 29.6 Å². The van der Waals surface area contributed by atoms with E-state index in [-0.39, 0.29) is 30.9 Å². The molecule has 7 heteroatoms. The molecule has 1 fully saturated rings. The quantitative estimate of drug-likeness (QED) is 0.355. The van der Waals surface area contributed by atoms with Crippen LogP contribution in [0.3, 0.4) is 0 Å². The SMILES string of the molecule is N=C1C(=N)C2=Cc3ccc([nH]3)C=c3ccc([nH]3)=Cc3ccc([nH]3)C=C1[N-]2.[Zn]. The monoisotopic (exact) mass is 403 g/mol. The number of nitrogens with one attached hydrogen (secondary N) is 5. The van der Waals surface area contributed by atoms with Crippen molar-refractivity contribution in [1.82, 2.24) is 15.0 Å². The minimum absolute atomic E-state index is 0. The number of hydrogen-bond acceptors (Lipinski definition) is 2. The third kappa shape index (κ3) is 3.18. The fraction of sp³-hybridized carbons (Fsp3) is 0. The molecular weight excluding hydrogens is 390 g/mol. The summed E-state index contributed by atoms with van der Waals surface area (Å²) in [5, 5.41) is 22.8. The van der Waals surface area contributed by atoms with Crippen molar-refractivity contribution in [3.63, 3.8) is 0 Å². The van der Waals surface area contributed by atoms with Crippen LogP contribution in [0, 0.1) is 10.8 Å². The fourth-order valence-electron chi connectivity index (χ4n) is 3.13. The molecule has 0 aliphatic carbocycles. The minimum Gasteiger partial charge on any atom is -0.654 e. The zero-order valence-electron chi connectivity index (χ0n) is 14.4. The maximum Gasteiger partial charge on any atom is 0.0631 e. The zero-order chi connectivity index (χ0) is 17.7. The number of allylic oxidation sites excluding steroid dienone is 2. The molecule has 27 heavy (non-hydrogen) atoms. The van der Waals surface area contributed by atoms with E-state index in [0.717, 1.165) is 33.5 Å². The van der Waals surface area contributed by atoms with Gasteiger partial charge >= 0.3 is 0 Å². The van der Waals surface area contributed by atoms with Gasteiger partial charge in [0.2, 0.25) is 0 Å². The second-order valence-corrected chi connectivity index (χ2v) is 6.32. The van der Waals surface area contributed by atoms with Gasteiger partial charge in [-0.2, -0.15) is 0 Å². The van der Waals surface area contributed by atoms with E-state index in [2.05, 4.69) is 20.3 Å². The van der Waals surface area contributed by atoms with E-state index in [9.17, 15) is 0 Å². The average Bonchev–Trinajstić information content (AvgIpc) is 3.38. The van der Waals surface area contributed by atoms with Crippen LogP contribution >= 0.6 is 0 Å². The first-order valence-electron chi connectivity index (χ1n) is 8.24. The van der Waals surface area contributed by atoms with Crippen LogP contribution in [0.15, 0.2) is 47.8 Å². The molecule has 0 aromatic carbocycles. The molecule has 0 spiro atoms. The molecule has 8 bridgehead atoms. The Morgan fingerprint density at radius 2 is 0.963 bits per heavy atom. The standard InChI is InChI=1S/C20H15N6.Zn/c21-19-17-9-15-5-3-13(24-15)7-11-1-2-12(23-11)8-14-4-6-16(25-14)10-18(26-17)20(19)22;/h1-10,21-25H;/q-1;. The molecule has 5 heterocycles. The van der Waals surface area contributed by atoms with E-state index in [0.29, 0.717) is 11.4 Å². The Bertz CT molecular complexity index is 1150.